The van der Waals surface area contributed by atoms with E-state index in [0.29, 0.717) is 23.0 Å². The van der Waals surface area contributed by atoms with Crippen LogP contribution in [0.4, 0.5) is 0 Å². The Morgan fingerprint density at radius 1 is 0.524 bits per heavy atom. The van der Waals surface area contributed by atoms with Gasteiger partial charge in [-0.05, 0) is 88.0 Å². The zero-order valence-electron chi connectivity index (χ0n) is 35.4. The molecule has 1 aliphatic heterocycles. The first-order chi connectivity index (χ1) is 30.8. The first kappa shape index (κ1) is 42.5. The van der Waals surface area contributed by atoms with Crippen molar-refractivity contribution in [1.29, 1.82) is 0 Å². The fourth-order valence-corrected chi connectivity index (χ4v) is 8.26. The van der Waals surface area contributed by atoms with Crippen LogP contribution < -0.4 is 30.2 Å². The van der Waals surface area contributed by atoms with Crippen molar-refractivity contribution < 1.29 is 33.2 Å². The number of nitrogens with one attached hydrogen (secondary N) is 1. The highest BCUT2D eigenvalue weighted by atomic mass is 16.6. The first-order valence-electron chi connectivity index (χ1n) is 20.4. The Morgan fingerprint density at radius 3 is 1.29 bits per heavy atom. The van der Waals surface area contributed by atoms with E-state index in [1.807, 2.05) is 164 Å². The highest BCUT2D eigenvalue weighted by Crippen LogP contribution is 2.45. The molecule has 0 radical (unpaired) electrons. The van der Waals surface area contributed by atoms with E-state index in [1.54, 1.807) is 34.5 Å². The maximum Gasteiger partial charge on any atom is 0.331 e. The molecule has 2 heterocycles. The van der Waals surface area contributed by atoms with Crippen molar-refractivity contribution in [3.05, 3.63) is 236 Å². The van der Waals surface area contributed by atoms with Crippen LogP contribution in [-0.2, 0) is 31.1 Å². The van der Waals surface area contributed by atoms with Gasteiger partial charge in [-0.15, -0.1) is 0 Å². The summed E-state index contributed by atoms with van der Waals surface area (Å²) in [5.74, 6) is 2.74. The summed E-state index contributed by atoms with van der Waals surface area (Å²) in [5.41, 5.74) is -0.215. The molecule has 0 fully saturated rings. The lowest BCUT2D eigenvalue weighted by Gasteiger charge is -2.40. The molecule has 0 aliphatic carbocycles. The minimum absolute atomic E-state index is 0.0318. The summed E-state index contributed by atoms with van der Waals surface area (Å²) >= 11 is 0. The number of hydrogen-bond acceptors (Lipinski definition) is 9. The molecular formula is C52H48N2O9. The van der Waals surface area contributed by atoms with Crippen molar-refractivity contribution in [2.75, 3.05) is 41.7 Å². The molecule has 11 nitrogen and oxygen atoms in total. The van der Waals surface area contributed by atoms with Crippen molar-refractivity contribution in [2.24, 2.45) is 0 Å². The second kappa shape index (κ2) is 18.4. The van der Waals surface area contributed by atoms with Gasteiger partial charge in [0.1, 0.15) is 46.9 Å². The molecule has 8 rings (SSSR count). The summed E-state index contributed by atoms with van der Waals surface area (Å²) < 4.78 is 45.1. The molecule has 2 atom stereocenters. The smallest absolute Gasteiger partial charge is 0.331 e. The van der Waals surface area contributed by atoms with Crippen LogP contribution in [0.25, 0.3) is 0 Å². The van der Waals surface area contributed by atoms with E-state index >= 15 is 0 Å². The van der Waals surface area contributed by atoms with Gasteiger partial charge in [-0.1, -0.05) is 115 Å². The third-order valence-electron chi connectivity index (χ3n) is 11.5. The molecule has 0 saturated carbocycles. The SMILES string of the molecule is COc1ccc(C(OC[C@@H]2C=C[C@](COC(c3ccccc3)(c3ccc(OC)cc3)c3ccc(OC)cc3)(n3ccc(=O)[nH]c3=O)O2)(c2ccccc2)c2ccc(OC)cc2)cc1. The summed E-state index contributed by atoms with van der Waals surface area (Å²) in [5, 5.41) is 0. The van der Waals surface area contributed by atoms with Crippen molar-refractivity contribution >= 4 is 0 Å². The highest BCUT2D eigenvalue weighted by Gasteiger charge is 2.46. The third kappa shape index (κ3) is 8.29. The summed E-state index contributed by atoms with van der Waals surface area (Å²) in [6.45, 7) is -0.163. The zero-order valence-corrected chi connectivity index (χ0v) is 35.4. The van der Waals surface area contributed by atoms with Gasteiger partial charge in [-0.25, -0.2) is 4.79 Å². The molecule has 320 valence electrons. The Morgan fingerprint density at radius 2 is 0.905 bits per heavy atom. The molecular weight excluding hydrogens is 797 g/mol. The van der Waals surface area contributed by atoms with Gasteiger partial charge in [0.2, 0.25) is 0 Å². The maximum absolute atomic E-state index is 13.8. The van der Waals surface area contributed by atoms with E-state index in [4.69, 9.17) is 33.2 Å². The number of H-pyrrole nitrogens is 1. The number of ether oxygens (including phenoxy) is 7. The molecule has 0 spiro atoms. The second-order valence-electron chi connectivity index (χ2n) is 14.9. The van der Waals surface area contributed by atoms with Crippen LogP contribution in [0.5, 0.6) is 23.0 Å². The lowest BCUT2D eigenvalue weighted by Crippen LogP contribution is -2.49. The number of methoxy groups -OCH3 is 4. The normalized spacial score (nSPS) is 16.1. The van der Waals surface area contributed by atoms with Crippen LogP contribution in [-0.4, -0.2) is 57.3 Å². The molecule has 1 aromatic heterocycles. The van der Waals surface area contributed by atoms with E-state index in [1.165, 1.54) is 16.8 Å². The average molecular weight is 845 g/mol. The Balaban J connectivity index is 1.22. The van der Waals surface area contributed by atoms with Crippen molar-refractivity contribution in [1.82, 2.24) is 9.55 Å². The van der Waals surface area contributed by atoms with Crippen molar-refractivity contribution in [3.8, 4) is 23.0 Å². The molecule has 0 amide bonds. The standard InChI is InChI=1S/C52H48N2O9/c1-57-43-23-15-39(16-24-43)51(37-11-7-5-8-12-37,40-17-25-44(58-2)26-18-40)61-35-47-31-33-50(63-47,54-34-32-48(55)53-49(54)56)36-62-52(38-13-9-6-10-14-38,41-19-27-45(59-3)28-20-41)42-21-29-46(60-4)30-22-42/h5-34,47H,35-36H2,1-4H3,(H,53,55,56)/t47-,50-/m0/s1. The van der Waals surface area contributed by atoms with Gasteiger partial charge in [0.15, 0.2) is 5.72 Å². The van der Waals surface area contributed by atoms with Crippen LogP contribution in [0.1, 0.15) is 33.4 Å². The monoisotopic (exact) mass is 844 g/mol. The molecule has 0 saturated heterocycles. The Kier molecular flexibility index (Phi) is 12.4. The van der Waals surface area contributed by atoms with Crippen LogP contribution in [0, 0.1) is 0 Å². The number of aromatic nitrogens is 2. The van der Waals surface area contributed by atoms with Gasteiger partial charge in [0.05, 0.1) is 35.0 Å². The average Bonchev–Trinajstić information content (AvgIpc) is 3.77. The lowest BCUT2D eigenvalue weighted by atomic mass is 9.80. The predicted octanol–water partition coefficient (Wildman–Crippen LogP) is 8.20. The van der Waals surface area contributed by atoms with Gasteiger partial charge in [-0.3, -0.25) is 14.3 Å². The fourth-order valence-electron chi connectivity index (χ4n) is 8.26. The molecule has 0 bridgehead atoms. The summed E-state index contributed by atoms with van der Waals surface area (Å²) in [6.07, 6.45) is 4.37. The number of benzene rings is 6. The number of hydrogen-bond donors (Lipinski definition) is 1. The Hall–Kier alpha value is -7.18. The third-order valence-corrected chi connectivity index (χ3v) is 11.5. The van der Waals surface area contributed by atoms with E-state index in [9.17, 15) is 9.59 Å². The second-order valence-corrected chi connectivity index (χ2v) is 14.9. The van der Waals surface area contributed by atoms with E-state index < -0.39 is 34.3 Å². The van der Waals surface area contributed by atoms with Gasteiger partial charge in [-0.2, -0.15) is 0 Å². The van der Waals surface area contributed by atoms with Crippen LogP contribution >= 0.6 is 0 Å². The number of rotatable bonds is 17. The zero-order chi connectivity index (χ0) is 43.9. The number of nitrogens with zero attached hydrogens (tertiary/aromatic N) is 1. The van der Waals surface area contributed by atoms with Crippen LogP contribution in [0.2, 0.25) is 0 Å². The van der Waals surface area contributed by atoms with Crippen LogP contribution in [0.3, 0.4) is 0 Å². The van der Waals surface area contributed by atoms with E-state index in [2.05, 4.69) is 4.98 Å². The molecule has 6 aromatic carbocycles. The molecule has 1 N–H and O–H groups in total. The molecule has 0 unspecified atom stereocenters. The van der Waals surface area contributed by atoms with Gasteiger partial charge >= 0.3 is 5.69 Å². The van der Waals surface area contributed by atoms with Gasteiger partial charge < -0.3 is 33.2 Å². The molecule has 1 aliphatic rings. The largest absolute Gasteiger partial charge is 0.497 e. The highest BCUT2D eigenvalue weighted by molar-refractivity contribution is 5.51. The predicted molar refractivity (Wildman–Crippen MR) is 240 cm³/mol. The minimum Gasteiger partial charge on any atom is -0.497 e. The maximum atomic E-state index is 13.8. The quantitative estimate of drug-likeness (QED) is 0.0715. The van der Waals surface area contributed by atoms with Crippen LogP contribution in [0.15, 0.2) is 192 Å². The summed E-state index contributed by atoms with van der Waals surface area (Å²) in [4.78, 5) is 28.8. The summed E-state index contributed by atoms with van der Waals surface area (Å²) in [6, 6.07) is 52.0. The summed E-state index contributed by atoms with van der Waals surface area (Å²) in [7, 11) is 6.50. The first-order valence-corrected chi connectivity index (χ1v) is 20.4. The van der Waals surface area contributed by atoms with E-state index in [-0.39, 0.29) is 13.2 Å². The van der Waals surface area contributed by atoms with E-state index in [0.717, 1.165) is 33.4 Å². The Bertz CT molecular complexity index is 2640. The topological polar surface area (TPSA) is 119 Å². The van der Waals surface area contributed by atoms with Crippen molar-refractivity contribution in [3.63, 3.8) is 0 Å². The van der Waals surface area contributed by atoms with Gasteiger partial charge in [0.25, 0.3) is 5.56 Å². The molecule has 7 aromatic rings. The van der Waals surface area contributed by atoms with Crippen molar-refractivity contribution in [2.45, 2.75) is 23.0 Å². The minimum atomic E-state index is -1.57. The Labute approximate surface area is 365 Å². The van der Waals surface area contributed by atoms with Gasteiger partial charge in [0, 0.05) is 12.3 Å². The lowest BCUT2D eigenvalue weighted by molar-refractivity contribution is -0.167. The fraction of sp³-hybridized carbons (Fsp3) is 0.192. The molecule has 63 heavy (non-hydrogen) atoms. The number of aromatic amines is 1. The molecule has 11 heteroatoms.